The van der Waals surface area contributed by atoms with Crippen LogP contribution in [0.4, 0.5) is 5.69 Å². The van der Waals surface area contributed by atoms with Gasteiger partial charge in [-0.25, -0.2) is 0 Å². The van der Waals surface area contributed by atoms with Crippen LogP contribution in [0, 0.1) is 0 Å². The van der Waals surface area contributed by atoms with Gasteiger partial charge >= 0.3 is 0 Å². The van der Waals surface area contributed by atoms with Crippen LogP contribution in [0.25, 0.3) is 16.7 Å². The number of ether oxygens (including phenoxy) is 1. The number of furan rings is 1. The lowest BCUT2D eigenvalue weighted by molar-refractivity contribution is 0.415. The van der Waals surface area contributed by atoms with E-state index in [2.05, 4.69) is 22.7 Å². The zero-order valence-electron chi connectivity index (χ0n) is 13.1. The summed E-state index contributed by atoms with van der Waals surface area (Å²) in [5, 5.41) is 4.49. The van der Waals surface area contributed by atoms with E-state index < -0.39 is 0 Å². The Morgan fingerprint density at radius 1 is 1.08 bits per heavy atom. The number of hydrogen-bond acceptors (Lipinski definition) is 4. The Bertz CT molecular complexity index is 838. The number of benzene rings is 2. The molecule has 0 unspecified atom stereocenters. The van der Waals surface area contributed by atoms with Crippen LogP contribution in [-0.4, -0.2) is 12.2 Å². The van der Waals surface area contributed by atoms with Gasteiger partial charge in [0, 0.05) is 11.1 Å². The highest BCUT2D eigenvalue weighted by molar-refractivity contribution is 7.80. The molecule has 3 aromatic rings. The maximum absolute atomic E-state index is 5.73. The van der Waals surface area contributed by atoms with Gasteiger partial charge in [-0.15, -0.1) is 0 Å². The molecular weight excluding hydrogens is 322 g/mol. The van der Waals surface area contributed by atoms with Gasteiger partial charge in [0.2, 0.25) is 0 Å². The number of anilines is 1. The van der Waals surface area contributed by atoms with Gasteiger partial charge in [0.05, 0.1) is 12.8 Å². The zero-order valence-corrected chi connectivity index (χ0v) is 13.9. The Morgan fingerprint density at radius 3 is 2.54 bits per heavy atom. The van der Waals surface area contributed by atoms with Crippen LogP contribution in [0.15, 0.2) is 65.6 Å². The Hall–Kier alpha value is -2.99. The minimum absolute atomic E-state index is 0.414. The van der Waals surface area contributed by atoms with Crippen LogP contribution in [0.3, 0.4) is 0 Å². The van der Waals surface area contributed by atoms with Gasteiger partial charge in [-0.05, 0) is 48.6 Å². The molecule has 0 aliphatic heterocycles. The molecule has 3 N–H and O–H groups in total. The Kier molecular flexibility index (Phi) is 4.67. The molecule has 5 nitrogen and oxygen atoms in total. The highest BCUT2D eigenvalue weighted by Gasteiger charge is 2.07. The van der Waals surface area contributed by atoms with Gasteiger partial charge < -0.3 is 14.5 Å². The van der Waals surface area contributed by atoms with Crippen molar-refractivity contribution in [3.05, 3.63) is 66.9 Å². The predicted molar refractivity (Wildman–Crippen MR) is 101 cm³/mol. The average molecular weight is 339 g/mol. The summed E-state index contributed by atoms with van der Waals surface area (Å²) in [5.74, 6) is 1.44. The minimum Gasteiger partial charge on any atom is -0.497 e. The van der Waals surface area contributed by atoms with E-state index >= 15 is 0 Å². The van der Waals surface area contributed by atoms with Crippen molar-refractivity contribution in [2.24, 2.45) is 0 Å². The zero-order chi connectivity index (χ0) is 16.9. The van der Waals surface area contributed by atoms with Crippen LogP contribution in [0.5, 0.6) is 5.75 Å². The topological polar surface area (TPSA) is 58.5 Å². The number of thiocarbonyl (C=S) groups is 1. The molecule has 1 heterocycles. The number of nitrogens with one attached hydrogen (secondary N) is 3. The third kappa shape index (κ3) is 3.67. The molecular formula is C18H17N3O2S. The van der Waals surface area contributed by atoms with Crippen molar-refractivity contribution in [3.63, 3.8) is 0 Å². The predicted octanol–water partition coefficient (Wildman–Crippen LogP) is 3.90. The molecule has 0 atom stereocenters. The largest absolute Gasteiger partial charge is 0.497 e. The van der Waals surface area contributed by atoms with Crippen LogP contribution < -0.4 is 20.9 Å². The first-order chi connectivity index (χ1) is 11.7. The highest BCUT2D eigenvalue weighted by atomic mass is 32.1. The lowest BCUT2D eigenvalue weighted by Crippen LogP contribution is -2.38. The molecule has 1 aromatic heterocycles. The second-order valence-corrected chi connectivity index (χ2v) is 5.47. The van der Waals surface area contributed by atoms with E-state index in [1.165, 1.54) is 0 Å². The summed E-state index contributed by atoms with van der Waals surface area (Å²) in [6.45, 7) is 3.95. The van der Waals surface area contributed by atoms with E-state index in [0.29, 0.717) is 16.6 Å². The molecule has 3 rings (SSSR count). The second-order valence-electron chi connectivity index (χ2n) is 5.06. The summed E-state index contributed by atoms with van der Waals surface area (Å²) in [6.07, 6.45) is 0. The number of hydrogen-bond donors (Lipinski definition) is 3. The summed E-state index contributed by atoms with van der Waals surface area (Å²) in [5.41, 5.74) is 8.07. The normalized spacial score (nSPS) is 10.2. The third-order valence-electron chi connectivity index (χ3n) is 3.40. The van der Waals surface area contributed by atoms with E-state index in [4.69, 9.17) is 21.4 Å². The Balaban J connectivity index is 1.55. The standard InChI is InChI=1S/C18H17N3O2S/c1-12(17-11-13-5-3-4-6-16(13)23-17)20-21-18(24)19-14-7-9-15(22-2)10-8-14/h3-11,20H,1H2,2H3,(H2,19,21,24). The minimum atomic E-state index is 0.414. The van der Waals surface area contributed by atoms with Crippen molar-refractivity contribution >= 4 is 39.7 Å². The van der Waals surface area contributed by atoms with Crippen molar-refractivity contribution in [1.29, 1.82) is 0 Å². The lowest BCUT2D eigenvalue weighted by atomic mass is 10.2. The SMILES string of the molecule is C=C(NNC(=S)Nc1ccc(OC)cc1)c1cc2ccccc2o1. The molecule has 6 heteroatoms. The lowest BCUT2D eigenvalue weighted by Gasteiger charge is -2.13. The molecule has 0 amide bonds. The summed E-state index contributed by atoms with van der Waals surface area (Å²) in [7, 11) is 1.63. The smallest absolute Gasteiger partial charge is 0.189 e. The van der Waals surface area contributed by atoms with Crippen molar-refractivity contribution in [3.8, 4) is 5.75 Å². The first kappa shape index (κ1) is 15.9. The first-order valence-electron chi connectivity index (χ1n) is 7.30. The number of para-hydroxylation sites is 1. The molecule has 24 heavy (non-hydrogen) atoms. The molecule has 0 fully saturated rings. The number of fused-ring (bicyclic) bond motifs is 1. The van der Waals surface area contributed by atoms with Crippen molar-refractivity contribution in [2.45, 2.75) is 0 Å². The highest BCUT2D eigenvalue weighted by Crippen LogP contribution is 2.22. The average Bonchev–Trinajstić information content (AvgIpc) is 3.04. The second kappa shape index (κ2) is 7.06. The van der Waals surface area contributed by atoms with Gasteiger partial charge in [-0.3, -0.25) is 10.9 Å². The van der Waals surface area contributed by atoms with Gasteiger partial charge in [0.25, 0.3) is 0 Å². The quantitative estimate of drug-likeness (QED) is 0.484. The molecule has 0 aliphatic carbocycles. The summed E-state index contributed by atoms with van der Waals surface area (Å²) < 4.78 is 10.8. The molecule has 0 aliphatic rings. The van der Waals surface area contributed by atoms with Crippen LogP contribution in [-0.2, 0) is 0 Å². The van der Waals surface area contributed by atoms with Gasteiger partial charge in [0.15, 0.2) is 10.9 Å². The van der Waals surface area contributed by atoms with E-state index in [9.17, 15) is 0 Å². The maximum Gasteiger partial charge on any atom is 0.189 e. The fourth-order valence-corrected chi connectivity index (χ4v) is 2.33. The molecule has 0 bridgehead atoms. The molecule has 2 aromatic carbocycles. The maximum atomic E-state index is 5.73. The van der Waals surface area contributed by atoms with Crippen LogP contribution >= 0.6 is 12.2 Å². The van der Waals surface area contributed by atoms with Crippen molar-refractivity contribution in [1.82, 2.24) is 10.9 Å². The van der Waals surface area contributed by atoms with E-state index in [1.807, 2.05) is 54.6 Å². The van der Waals surface area contributed by atoms with E-state index in [0.717, 1.165) is 22.4 Å². The molecule has 0 saturated carbocycles. The van der Waals surface area contributed by atoms with E-state index in [-0.39, 0.29) is 0 Å². The van der Waals surface area contributed by atoms with Gasteiger partial charge in [-0.2, -0.15) is 0 Å². The van der Waals surface area contributed by atoms with Crippen LogP contribution in [0.1, 0.15) is 5.76 Å². The number of rotatable bonds is 5. The van der Waals surface area contributed by atoms with Gasteiger partial charge in [-0.1, -0.05) is 24.8 Å². The summed E-state index contributed by atoms with van der Waals surface area (Å²) in [6, 6.07) is 17.2. The fraction of sp³-hybridized carbons (Fsp3) is 0.0556. The Labute approximate surface area is 145 Å². The van der Waals surface area contributed by atoms with Crippen molar-refractivity contribution < 1.29 is 9.15 Å². The fourth-order valence-electron chi connectivity index (χ4n) is 2.16. The number of hydrazine groups is 1. The molecule has 122 valence electrons. The van der Waals surface area contributed by atoms with Gasteiger partial charge in [0.1, 0.15) is 11.3 Å². The summed E-state index contributed by atoms with van der Waals surface area (Å²) in [4.78, 5) is 0. The summed E-state index contributed by atoms with van der Waals surface area (Å²) >= 11 is 5.24. The first-order valence-corrected chi connectivity index (χ1v) is 7.71. The third-order valence-corrected chi connectivity index (χ3v) is 3.60. The molecule has 0 radical (unpaired) electrons. The number of methoxy groups -OCH3 is 1. The molecule has 0 spiro atoms. The monoisotopic (exact) mass is 339 g/mol. The van der Waals surface area contributed by atoms with Crippen LogP contribution in [0.2, 0.25) is 0 Å². The molecule has 0 saturated heterocycles. The van der Waals surface area contributed by atoms with E-state index in [1.54, 1.807) is 7.11 Å². The Morgan fingerprint density at radius 2 is 1.83 bits per heavy atom. The van der Waals surface area contributed by atoms with Crippen molar-refractivity contribution in [2.75, 3.05) is 12.4 Å².